The first-order valence-corrected chi connectivity index (χ1v) is 18.9. The van der Waals surface area contributed by atoms with Crippen LogP contribution in [0.2, 0.25) is 0 Å². The van der Waals surface area contributed by atoms with Crippen molar-refractivity contribution in [1.82, 2.24) is 4.90 Å². The largest absolute Gasteiger partial charge is 0.302 e. The van der Waals surface area contributed by atoms with Gasteiger partial charge in [0.15, 0.2) is 11.4 Å². The van der Waals surface area contributed by atoms with Crippen LogP contribution in [0, 0.1) is 19.3 Å². The molecular weight excluding hydrogens is 667 g/mol. The van der Waals surface area contributed by atoms with Crippen LogP contribution in [-0.4, -0.2) is 36.4 Å². The molecule has 6 aromatic rings. The van der Waals surface area contributed by atoms with E-state index < -0.39 is 23.2 Å². The number of benzene rings is 6. The number of piperidine rings is 1. The van der Waals surface area contributed by atoms with Gasteiger partial charge < -0.3 is 4.90 Å². The second-order valence-electron chi connectivity index (χ2n) is 15.3. The Bertz CT molecular complexity index is 2220. The van der Waals surface area contributed by atoms with Crippen molar-refractivity contribution in [2.45, 2.75) is 43.6 Å². The highest BCUT2D eigenvalue weighted by molar-refractivity contribution is 5.98. The third-order valence-corrected chi connectivity index (χ3v) is 11.7. The maximum atomic E-state index is 16.8. The molecule has 3 aliphatic heterocycles. The Morgan fingerprint density at radius 1 is 0.537 bits per heavy atom. The van der Waals surface area contributed by atoms with E-state index in [2.05, 4.69) is 147 Å². The van der Waals surface area contributed by atoms with Gasteiger partial charge in [-0.1, -0.05) is 157 Å². The summed E-state index contributed by atoms with van der Waals surface area (Å²) >= 11 is 0. The van der Waals surface area contributed by atoms with Crippen LogP contribution in [0.4, 0.5) is 11.4 Å². The molecule has 0 aromatic heterocycles. The summed E-state index contributed by atoms with van der Waals surface area (Å²) in [5.41, 5.74) is 5.83. The fraction of sp³-hybridized carbons (Fsp3) is 0.229. The summed E-state index contributed by atoms with van der Waals surface area (Å²) in [4.78, 5) is 33.9. The van der Waals surface area contributed by atoms with E-state index in [-0.39, 0.29) is 17.7 Å². The van der Waals surface area contributed by atoms with Crippen molar-refractivity contribution < 1.29 is 14.5 Å². The van der Waals surface area contributed by atoms with E-state index in [0.29, 0.717) is 13.1 Å². The minimum absolute atomic E-state index is 0.0518. The summed E-state index contributed by atoms with van der Waals surface area (Å²) < 4.78 is 0. The van der Waals surface area contributed by atoms with Gasteiger partial charge in [0.25, 0.3) is 0 Å². The number of para-hydroxylation sites is 2. The van der Waals surface area contributed by atoms with Crippen molar-refractivity contribution in [3.8, 4) is 0 Å². The third-order valence-electron chi connectivity index (χ3n) is 11.7. The molecule has 0 radical (unpaired) electrons. The fourth-order valence-electron chi connectivity index (χ4n) is 9.41. The second kappa shape index (κ2) is 13.7. The van der Waals surface area contributed by atoms with Gasteiger partial charge in [0.2, 0.25) is 0 Å². The number of carbonyl (C=O) groups excluding carboxylic acids is 1. The maximum absolute atomic E-state index is 16.8. The standard InChI is InChI=1S/C48H45N3O3/c1-34-24-28-36(29-25-34)42-43(37-16-8-4-9-17-37)50(40-20-12-6-13-21-40)54-48(42)33-49(3)32-47(46(48)52)44(38-18-10-5-11-19-38)51(41-22-14-7-15-23-41)53-45(47)39-30-26-35(2)27-31-39/h4-31,42-45H,32-33H2,1-3H3/t42-,43-,44-,45+,47-,48+/m1/s1. The number of Topliss-reactive ketones (excluding diaryl/α,β-unsaturated/α-hetero) is 1. The molecule has 0 bridgehead atoms. The zero-order valence-corrected chi connectivity index (χ0v) is 31.0. The van der Waals surface area contributed by atoms with Crippen LogP contribution in [0.25, 0.3) is 0 Å². The van der Waals surface area contributed by atoms with Crippen LogP contribution in [0.3, 0.4) is 0 Å². The quantitative estimate of drug-likeness (QED) is 0.172. The lowest BCUT2D eigenvalue weighted by atomic mass is 9.58. The third kappa shape index (κ3) is 5.56. The van der Waals surface area contributed by atoms with Crippen LogP contribution >= 0.6 is 0 Å². The number of rotatable bonds is 6. The molecule has 0 aliphatic carbocycles. The van der Waals surface area contributed by atoms with Crippen molar-refractivity contribution >= 4 is 17.2 Å². The number of anilines is 2. The van der Waals surface area contributed by atoms with Crippen molar-refractivity contribution in [3.05, 3.63) is 203 Å². The van der Waals surface area contributed by atoms with E-state index in [1.807, 2.05) is 58.7 Å². The number of ketones is 1. The average Bonchev–Trinajstić information content (AvgIpc) is 3.73. The van der Waals surface area contributed by atoms with Crippen LogP contribution < -0.4 is 10.1 Å². The topological polar surface area (TPSA) is 45.3 Å². The summed E-state index contributed by atoms with van der Waals surface area (Å²) in [5.74, 6) is -0.315. The van der Waals surface area contributed by atoms with E-state index >= 15 is 4.79 Å². The summed E-state index contributed by atoms with van der Waals surface area (Å²) in [7, 11) is 2.13. The number of carbonyl (C=O) groups is 1. The lowest BCUT2D eigenvalue weighted by molar-refractivity contribution is -0.171. The Kier molecular flexibility index (Phi) is 8.70. The normalized spacial score (nSPS) is 26.9. The van der Waals surface area contributed by atoms with E-state index in [1.165, 1.54) is 0 Å². The van der Waals surface area contributed by atoms with Crippen molar-refractivity contribution in [2.75, 3.05) is 30.3 Å². The van der Waals surface area contributed by atoms with Gasteiger partial charge in [-0.25, -0.2) is 10.1 Å². The number of hydrogen-bond donors (Lipinski definition) is 0. The van der Waals surface area contributed by atoms with Crippen LogP contribution in [0.5, 0.6) is 0 Å². The molecule has 6 nitrogen and oxygen atoms in total. The smallest absolute Gasteiger partial charge is 0.182 e. The van der Waals surface area contributed by atoms with E-state index in [0.717, 1.165) is 44.8 Å². The summed E-state index contributed by atoms with van der Waals surface area (Å²) in [6.45, 7) is 5.08. The Balaban J connectivity index is 1.33. The number of likely N-dealkylation sites (tertiary alicyclic amines) is 1. The molecule has 3 fully saturated rings. The zero-order valence-electron chi connectivity index (χ0n) is 31.0. The van der Waals surface area contributed by atoms with Crippen molar-refractivity contribution in [2.24, 2.45) is 5.41 Å². The maximum Gasteiger partial charge on any atom is 0.182 e. The Morgan fingerprint density at radius 3 is 1.57 bits per heavy atom. The van der Waals surface area contributed by atoms with Crippen LogP contribution in [-0.2, 0) is 14.5 Å². The minimum atomic E-state index is -1.30. The highest BCUT2D eigenvalue weighted by Crippen LogP contribution is 2.65. The molecule has 6 atom stereocenters. The van der Waals surface area contributed by atoms with Gasteiger partial charge in [-0.3, -0.25) is 14.5 Å². The van der Waals surface area contributed by atoms with Gasteiger partial charge in [0.05, 0.1) is 29.4 Å². The number of nitrogens with zero attached hydrogens (tertiary/aromatic N) is 3. The molecule has 3 heterocycles. The van der Waals surface area contributed by atoms with Gasteiger partial charge in [0, 0.05) is 13.1 Å². The zero-order chi connectivity index (χ0) is 36.9. The summed E-state index contributed by atoms with van der Waals surface area (Å²) in [6.07, 6.45) is -0.612. The Labute approximate surface area is 318 Å². The minimum Gasteiger partial charge on any atom is -0.302 e. The monoisotopic (exact) mass is 711 g/mol. The van der Waals surface area contributed by atoms with Gasteiger partial charge in [-0.05, 0) is 67.4 Å². The molecule has 54 heavy (non-hydrogen) atoms. The molecule has 2 spiro atoms. The molecule has 6 aromatic carbocycles. The molecule has 3 saturated heterocycles. The van der Waals surface area contributed by atoms with Gasteiger partial charge in [0.1, 0.15) is 11.5 Å². The molecule has 0 saturated carbocycles. The Morgan fingerprint density at radius 2 is 1.02 bits per heavy atom. The molecule has 270 valence electrons. The first-order valence-electron chi connectivity index (χ1n) is 18.9. The molecule has 9 rings (SSSR count). The van der Waals surface area contributed by atoms with Crippen LogP contribution in [0.15, 0.2) is 170 Å². The highest BCUT2D eigenvalue weighted by Gasteiger charge is 2.73. The molecule has 0 amide bonds. The molecule has 6 heteroatoms. The summed E-state index contributed by atoms with van der Waals surface area (Å²) in [5, 5.41) is 4.03. The number of aryl methyl sites for hydroxylation is 2. The first kappa shape index (κ1) is 34.3. The molecular formula is C48H45N3O3. The lowest BCUT2D eigenvalue weighted by Crippen LogP contribution is -2.67. The number of likely N-dealkylation sites (N-methyl/N-ethyl adjacent to an activating group) is 1. The fourth-order valence-corrected chi connectivity index (χ4v) is 9.41. The van der Waals surface area contributed by atoms with Gasteiger partial charge in [-0.15, -0.1) is 0 Å². The predicted octanol–water partition coefficient (Wildman–Crippen LogP) is 9.75. The summed E-state index contributed by atoms with van der Waals surface area (Å²) in [6, 6.07) is 57.8. The van der Waals surface area contributed by atoms with E-state index in [9.17, 15) is 0 Å². The first-order chi connectivity index (χ1) is 26.4. The number of hydrogen-bond acceptors (Lipinski definition) is 6. The second-order valence-corrected chi connectivity index (χ2v) is 15.3. The number of hydroxylamine groups is 2. The predicted molar refractivity (Wildman–Crippen MR) is 214 cm³/mol. The van der Waals surface area contributed by atoms with Gasteiger partial charge in [-0.2, -0.15) is 0 Å². The van der Waals surface area contributed by atoms with E-state index in [4.69, 9.17) is 9.68 Å². The van der Waals surface area contributed by atoms with Crippen molar-refractivity contribution in [3.63, 3.8) is 0 Å². The van der Waals surface area contributed by atoms with Gasteiger partial charge >= 0.3 is 0 Å². The lowest BCUT2D eigenvalue weighted by Gasteiger charge is -2.51. The van der Waals surface area contributed by atoms with Crippen molar-refractivity contribution in [1.29, 1.82) is 0 Å². The SMILES string of the molecule is Cc1ccc([C@@H]2[C@@H](c3ccccc3)N(c3ccccc3)O[C@@]23CN(C)C[C@]2(C3=O)[C@H](c3ccc(C)cc3)ON(c3ccccc3)[C@@H]2c2ccccc2)cc1. The molecule has 0 unspecified atom stereocenters. The molecule has 3 aliphatic rings. The van der Waals surface area contributed by atoms with E-state index in [1.54, 1.807) is 0 Å². The van der Waals surface area contributed by atoms with Crippen LogP contribution in [0.1, 0.15) is 57.5 Å². The highest BCUT2D eigenvalue weighted by atomic mass is 16.7. The average molecular weight is 712 g/mol. The molecule has 0 N–H and O–H groups in total. The Hall–Kier alpha value is -5.53.